The molecule has 4 rings (SSSR count). The minimum atomic E-state index is -0.356. The van der Waals surface area contributed by atoms with E-state index in [0.29, 0.717) is 22.6 Å². The van der Waals surface area contributed by atoms with Crippen molar-refractivity contribution < 1.29 is 4.39 Å². The van der Waals surface area contributed by atoms with E-state index in [-0.39, 0.29) is 17.8 Å². The van der Waals surface area contributed by atoms with Gasteiger partial charge in [-0.15, -0.1) is 0 Å². The van der Waals surface area contributed by atoms with E-state index < -0.39 is 0 Å². The molecule has 1 fully saturated rings. The smallest absolute Gasteiger partial charge is 0.227 e. The van der Waals surface area contributed by atoms with E-state index in [2.05, 4.69) is 25.5 Å². The van der Waals surface area contributed by atoms with Gasteiger partial charge in [-0.1, -0.05) is 0 Å². The normalized spacial score (nSPS) is 14.4. The van der Waals surface area contributed by atoms with Crippen LogP contribution >= 0.6 is 0 Å². The first-order valence-corrected chi connectivity index (χ1v) is 10.1. The van der Waals surface area contributed by atoms with Crippen LogP contribution in [0.1, 0.15) is 13.8 Å². The average molecular weight is 411 g/mol. The van der Waals surface area contributed by atoms with Gasteiger partial charge in [0, 0.05) is 49.5 Å². The van der Waals surface area contributed by atoms with Gasteiger partial charge in [-0.2, -0.15) is 0 Å². The van der Waals surface area contributed by atoms with Crippen molar-refractivity contribution in [1.82, 2.24) is 15.3 Å². The Labute approximate surface area is 175 Å². The third-order valence-electron chi connectivity index (χ3n) is 5.25. The largest absolute Gasteiger partial charge is 0.397 e. The summed E-state index contributed by atoms with van der Waals surface area (Å²) in [7, 11) is 0. The minimum Gasteiger partial charge on any atom is -0.397 e. The monoisotopic (exact) mass is 410 g/mol. The van der Waals surface area contributed by atoms with E-state index in [1.807, 2.05) is 26.0 Å². The summed E-state index contributed by atoms with van der Waals surface area (Å²) < 4.78 is 14.8. The zero-order valence-electron chi connectivity index (χ0n) is 17.2. The van der Waals surface area contributed by atoms with Crippen molar-refractivity contribution in [3.8, 4) is 0 Å². The maximum Gasteiger partial charge on any atom is 0.227 e. The van der Waals surface area contributed by atoms with Crippen LogP contribution in [0.25, 0.3) is 10.9 Å². The summed E-state index contributed by atoms with van der Waals surface area (Å²) in [6, 6.07) is 8.81. The van der Waals surface area contributed by atoms with Gasteiger partial charge < -0.3 is 26.3 Å². The van der Waals surface area contributed by atoms with Crippen molar-refractivity contribution in [2.45, 2.75) is 19.9 Å². The number of nitrogens with one attached hydrogen (secondary N) is 2. The predicted molar refractivity (Wildman–Crippen MR) is 121 cm³/mol. The molecular weight excluding hydrogens is 383 g/mol. The molecule has 158 valence electrons. The Bertz CT molecular complexity index is 1050. The number of anilines is 5. The SMILES string of the molecule is CC(C)N(N)c1c(N)ccc2cnc(Nc3ccc(N4CCNCC4)cc3F)nc12. The first kappa shape index (κ1) is 20.1. The fraction of sp³-hybridized carbons (Fsp3) is 0.333. The van der Waals surface area contributed by atoms with E-state index in [4.69, 9.17) is 11.6 Å². The van der Waals surface area contributed by atoms with Crippen molar-refractivity contribution in [2.75, 3.05) is 47.1 Å². The highest BCUT2D eigenvalue weighted by Crippen LogP contribution is 2.32. The highest BCUT2D eigenvalue weighted by atomic mass is 19.1. The number of nitrogens with zero attached hydrogens (tertiary/aromatic N) is 4. The highest BCUT2D eigenvalue weighted by molar-refractivity contribution is 5.97. The quantitative estimate of drug-likeness (QED) is 0.289. The molecule has 1 aliphatic heterocycles. The molecule has 0 spiro atoms. The second kappa shape index (κ2) is 8.29. The fourth-order valence-electron chi connectivity index (χ4n) is 3.53. The lowest BCUT2D eigenvalue weighted by Gasteiger charge is -2.29. The number of hydrogen-bond donors (Lipinski definition) is 4. The maximum atomic E-state index is 14.8. The summed E-state index contributed by atoms with van der Waals surface area (Å²) in [4.78, 5) is 11.1. The van der Waals surface area contributed by atoms with Crippen LogP contribution in [0.15, 0.2) is 36.5 Å². The van der Waals surface area contributed by atoms with Gasteiger partial charge in [-0.3, -0.25) is 0 Å². The number of rotatable bonds is 5. The van der Waals surface area contributed by atoms with Gasteiger partial charge in [0.15, 0.2) is 0 Å². The summed E-state index contributed by atoms with van der Waals surface area (Å²) >= 11 is 0. The molecule has 0 amide bonds. The Morgan fingerprint density at radius 3 is 2.67 bits per heavy atom. The lowest BCUT2D eigenvalue weighted by atomic mass is 10.1. The minimum absolute atomic E-state index is 0.0271. The van der Waals surface area contributed by atoms with Crippen LogP contribution in [0, 0.1) is 5.82 Å². The van der Waals surface area contributed by atoms with Gasteiger partial charge >= 0.3 is 0 Å². The molecule has 3 aromatic rings. The number of aromatic nitrogens is 2. The van der Waals surface area contributed by atoms with Gasteiger partial charge in [-0.25, -0.2) is 20.2 Å². The Morgan fingerprint density at radius 1 is 1.20 bits per heavy atom. The van der Waals surface area contributed by atoms with Crippen LogP contribution in [0.2, 0.25) is 0 Å². The summed E-state index contributed by atoms with van der Waals surface area (Å²) in [6.45, 7) is 7.44. The summed E-state index contributed by atoms with van der Waals surface area (Å²) in [5, 5.41) is 8.66. The molecule has 2 heterocycles. The van der Waals surface area contributed by atoms with Gasteiger partial charge in [-0.05, 0) is 44.2 Å². The Kier molecular flexibility index (Phi) is 5.56. The van der Waals surface area contributed by atoms with Crippen molar-refractivity contribution in [1.29, 1.82) is 0 Å². The lowest BCUT2D eigenvalue weighted by Crippen LogP contribution is -2.43. The van der Waals surface area contributed by atoms with Crippen molar-refractivity contribution in [3.63, 3.8) is 0 Å². The molecule has 0 atom stereocenters. The molecule has 6 N–H and O–H groups in total. The zero-order chi connectivity index (χ0) is 21.3. The Morgan fingerprint density at radius 2 is 1.97 bits per heavy atom. The van der Waals surface area contributed by atoms with E-state index >= 15 is 0 Å². The van der Waals surface area contributed by atoms with Gasteiger partial charge in [0.2, 0.25) is 5.95 Å². The van der Waals surface area contributed by atoms with Crippen LogP contribution in [0.4, 0.5) is 33.1 Å². The molecule has 0 aliphatic carbocycles. The first-order chi connectivity index (χ1) is 14.4. The molecular formula is C21H27FN8. The summed E-state index contributed by atoms with van der Waals surface area (Å²) in [5.74, 6) is 6.14. The van der Waals surface area contributed by atoms with Crippen LogP contribution < -0.4 is 32.1 Å². The molecule has 0 saturated carbocycles. The number of hydrazine groups is 1. The first-order valence-electron chi connectivity index (χ1n) is 10.1. The molecule has 2 aromatic carbocycles. The Balaban J connectivity index is 1.64. The number of hydrogen-bond acceptors (Lipinski definition) is 8. The molecule has 9 heteroatoms. The molecule has 0 unspecified atom stereocenters. The van der Waals surface area contributed by atoms with Crippen molar-refractivity contribution >= 4 is 39.6 Å². The van der Waals surface area contributed by atoms with Crippen LogP contribution in [0.3, 0.4) is 0 Å². The van der Waals surface area contributed by atoms with Crippen LogP contribution in [0.5, 0.6) is 0 Å². The average Bonchev–Trinajstić information content (AvgIpc) is 2.75. The van der Waals surface area contributed by atoms with Crippen LogP contribution in [-0.4, -0.2) is 42.2 Å². The highest BCUT2D eigenvalue weighted by Gasteiger charge is 2.17. The number of nitrogens with two attached hydrogens (primary N) is 2. The lowest BCUT2D eigenvalue weighted by molar-refractivity contribution is 0.585. The zero-order valence-corrected chi connectivity index (χ0v) is 17.2. The second-order valence-corrected chi connectivity index (χ2v) is 7.66. The maximum absolute atomic E-state index is 14.8. The molecule has 0 bridgehead atoms. The van der Waals surface area contributed by atoms with Crippen LogP contribution in [-0.2, 0) is 0 Å². The van der Waals surface area contributed by atoms with E-state index in [1.54, 1.807) is 29.4 Å². The standard InChI is InChI=1S/C21H27FN8/c1-13(2)30(24)20-17(23)5-3-14-12-26-21(28-19(14)20)27-18-6-4-15(11-16(18)22)29-9-7-25-8-10-29/h3-6,11-13,25H,7-10,23-24H2,1-2H3,(H,26,27,28). The number of nitrogen functional groups attached to an aromatic ring is 1. The Hall–Kier alpha value is -3.17. The topological polar surface area (TPSA) is 108 Å². The summed E-state index contributed by atoms with van der Waals surface area (Å²) in [5.41, 5.74) is 9.11. The summed E-state index contributed by atoms with van der Waals surface area (Å²) in [6.07, 6.45) is 1.68. The van der Waals surface area contributed by atoms with E-state index in [0.717, 1.165) is 37.3 Å². The number of fused-ring (bicyclic) bond motifs is 1. The van der Waals surface area contributed by atoms with E-state index in [1.165, 1.54) is 0 Å². The molecule has 1 aromatic heterocycles. The number of halogens is 1. The third-order valence-corrected chi connectivity index (χ3v) is 5.25. The van der Waals surface area contributed by atoms with Crippen molar-refractivity contribution in [3.05, 3.63) is 42.3 Å². The van der Waals surface area contributed by atoms with Gasteiger partial charge in [0.05, 0.1) is 11.4 Å². The molecule has 1 saturated heterocycles. The molecule has 30 heavy (non-hydrogen) atoms. The van der Waals surface area contributed by atoms with E-state index in [9.17, 15) is 4.39 Å². The fourth-order valence-corrected chi connectivity index (χ4v) is 3.53. The molecule has 8 nitrogen and oxygen atoms in total. The van der Waals surface area contributed by atoms with Crippen molar-refractivity contribution in [2.24, 2.45) is 5.84 Å². The van der Waals surface area contributed by atoms with Gasteiger partial charge in [0.25, 0.3) is 0 Å². The predicted octanol–water partition coefficient (Wildman–Crippen LogP) is 2.59. The second-order valence-electron chi connectivity index (χ2n) is 7.66. The molecule has 0 radical (unpaired) electrons. The number of piperazine rings is 1. The molecule has 1 aliphatic rings. The third kappa shape index (κ3) is 3.94. The number of benzene rings is 2. The van der Waals surface area contributed by atoms with Gasteiger partial charge in [0.1, 0.15) is 17.0 Å².